The Morgan fingerprint density at radius 1 is 0.941 bits per heavy atom. The monoisotopic (exact) mass is 266 g/mol. The quantitative estimate of drug-likeness (QED) is 0.715. The second-order valence-electron chi connectivity index (χ2n) is 3.96. The molecule has 17 heavy (non-hydrogen) atoms. The Labute approximate surface area is 93.9 Å². The van der Waals surface area contributed by atoms with Crippen molar-refractivity contribution in [2.75, 3.05) is 13.2 Å². The Balaban J connectivity index is 2.84. The van der Waals surface area contributed by atoms with Crippen molar-refractivity contribution in [1.29, 1.82) is 0 Å². The first-order valence-electron chi connectivity index (χ1n) is 4.97. The van der Waals surface area contributed by atoms with Gasteiger partial charge >= 0.3 is 12.4 Å². The van der Waals surface area contributed by atoms with Crippen LogP contribution in [0.5, 0.6) is 0 Å². The van der Waals surface area contributed by atoms with Gasteiger partial charge in [-0.25, -0.2) is 0 Å². The van der Waals surface area contributed by atoms with Crippen molar-refractivity contribution in [1.82, 2.24) is 0 Å². The molecule has 0 unspecified atom stereocenters. The molecule has 0 aromatic heterocycles. The zero-order valence-electron chi connectivity index (χ0n) is 8.99. The highest BCUT2D eigenvalue weighted by atomic mass is 19.4. The molecule has 0 atom stereocenters. The Bertz CT molecular complexity index is 239. The molecule has 102 valence electrons. The fraction of sp³-hybridized carbons (Fsp3) is 1.00. The van der Waals surface area contributed by atoms with Gasteiger partial charge in [0, 0.05) is 13.2 Å². The van der Waals surface area contributed by atoms with E-state index in [1.807, 2.05) is 0 Å². The molecule has 1 aliphatic heterocycles. The van der Waals surface area contributed by atoms with Gasteiger partial charge in [0.15, 0.2) is 0 Å². The van der Waals surface area contributed by atoms with E-state index in [-0.39, 0.29) is 33.0 Å². The maximum Gasteiger partial charge on any atom is 0.426 e. The third kappa shape index (κ3) is 3.04. The van der Waals surface area contributed by atoms with Crippen LogP contribution in [0.4, 0.5) is 26.3 Å². The third-order valence-corrected chi connectivity index (χ3v) is 2.65. The Hall–Kier alpha value is -0.500. The SMILES string of the molecule is CC(OC1CCOCC1)(C(F)(F)F)C(F)(F)F. The lowest BCUT2D eigenvalue weighted by atomic mass is 10.0. The fourth-order valence-corrected chi connectivity index (χ4v) is 1.42. The average molecular weight is 266 g/mol. The molecule has 1 saturated heterocycles. The van der Waals surface area contributed by atoms with Gasteiger partial charge in [0.1, 0.15) is 0 Å². The Morgan fingerprint density at radius 3 is 1.71 bits per heavy atom. The number of halogens is 6. The molecule has 8 heteroatoms. The number of hydrogen-bond donors (Lipinski definition) is 0. The third-order valence-electron chi connectivity index (χ3n) is 2.65. The lowest BCUT2D eigenvalue weighted by Gasteiger charge is -2.37. The van der Waals surface area contributed by atoms with Crippen molar-refractivity contribution in [3.05, 3.63) is 0 Å². The van der Waals surface area contributed by atoms with E-state index in [9.17, 15) is 26.3 Å². The minimum Gasteiger partial charge on any atom is -0.381 e. The lowest BCUT2D eigenvalue weighted by molar-refractivity contribution is -0.385. The fourth-order valence-electron chi connectivity index (χ4n) is 1.42. The van der Waals surface area contributed by atoms with E-state index in [1.165, 1.54) is 0 Å². The van der Waals surface area contributed by atoms with Crippen molar-refractivity contribution in [3.8, 4) is 0 Å². The van der Waals surface area contributed by atoms with Crippen molar-refractivity contribution >= 4 is 0 Å². The second-order valence-corrected chi connectivity index (χ2v) is 3.96. The number of rotatable bonds is 2. The summed E-state index contributed by atoms with van der Waals surface area (Å²) in [4.78, 5) is 0. The van der Waals surface area contributed by atoms with E-state index in [1.54, 1.807) is 0 Å². The van der Waals surface area contributed by atoms with Crippen LogP contribution in [-0.4, -0.2) is 37.3 Å². The van der Waals surface area contributed by atoms with Gasteiger partial charge in [-0.2, -0.15) is 26.3 Å². The van der Waals surface area contributed by atoms with Crippen LogP contribution in [0.1, 0.15) is 19.8 Å². The molecule has 1 rings (SSSR count). The van der Waals surface area contributed by atoms with Crippen LogP contribution in [0.3, 0.4) is 0 Å². The predicted octanol–water partition coefficient (Wildman–Crippen LogP) is 3.07. The summed E-state index contributed by atoms with van der Waals surface area (Å²) in [5.41, 5.74) is -4.12. The molecule has 0 saturated carbocycles. The Morgan fingerprint density at radius 2 is 1.35 bits per heavy atom. The van der Waals surface area contributed by atoms with Gasteiger partial charge in [0.25, 0.3) is 5.60 Å². The second kappa shape index (κ2) is 4.64. The summed E-state index contributed by atoms with van der Waals surface area (Å²) in [6, 6.07) is 0. The largest absolute Gasteiger partial charge is 0.426 e. The number of ether oxygens (including phenoxy) is 2. The van der Waals surface area contributed by atoms with Crippen molar-refractivity contribution in [2.45, 2.75) is 43.8 Å². The number of alkyl halides is 6. The predicted molar refractivity (Wildman–Crippen MR) is 45.4 cm³/mol. The van der Waals surface area contributed by atoms with Crippen LogP contribution < -0.4 is 0 Å². The summed E-state index contributed by atoms with van der Waals surface area (Å²) in [5.74, 6) is 0. The van der Waals surface area contributed by atoms with Crippen molar-refractivity contribution in [3.63, 3.8) is 0 Å². The van der Waals surface area contributed by atoms with Gasteiger partial charge in [0.05, 0.1) is 6.10 Å². The first-order chi connectivity index (χ1) is 7.58. The highest BCUT2D eigenvalue weighted by Gasteiger charge is 2.69. The smallest absolute Gasteiger partial charge is 0.381 e. The molecule has 1 fully saturated rings. The van der Waals surface area contributed by atoms with E-state index in [0.717, 1.165) is 0 Å². The molecule has 0 aromatic carbocycles. The van der Waals surface area contributed by atoms with Gasteiger partial charge in [0.2, 0.25) is 0 Å². The normalized spacial score (nSPS) is 20.6. The summed E-state index contributed by atoms with van der Waals surface area (Å²) in [6.45, 7) is 0.232. The number of hydrogen-bond acceptors (Lipinski definition) is 2. The van der Waals surface area contributed by atoms with Gasteiger partial charge in [-0.15, -0.1) is 0 Å². The zero-order chi connectivity index (χ0) is 13.3. The van der Waals surface area contributed by atoms with E-state index in [2.05, 4.69) is 4.74 Å². The van der Waals surface area contributed by atoms with Gasteiger partial charge in [-0.05, 0) is 19.8 Å². The summed E-state index contributed by atoms with van der Waals surface area (Å²) >= 11 is 0. The molecule has 0 aliphatic carbocycles. The lowest BCUT2D eigenvalue weighted by Crippen LogP contribution is -2.58. The molecule has 0 N–H and O–H groups in total. The van der Waals surface area contributed by atoms with Gasteiger partial charge in [-0.3, -0.25) is 0 Å². The maximum absolute atomic E-state index is 12.5. The molecule has 0 bridgehead atoms. The Kier molecular flexibility index (Phi) is 3.97. The highest BCUT2D eigenvalue weighted by molar-refractivity contribution is 4.92. The summed E-state index contributed by atoms with van der Waals surface area (Å²) in [7, 11) is 0. The molecule has 0 radical (unpaired) electrons. The van der Waals surface area contributed by atoms with Crippen LogP contribution >= 0.6 is 0 Å². The van der Waals surface area contributed by atoms with E-state index >= 15 is 0 Å². The standard InChI is InChI=1S/C9H12F6O2/c1-7(8(10,11)12,9(13,14)15)17-6-2-4-16-5-3-6/h6H,2-5H2,1H3. The van der Waals surface area contributed by atoms with Crippen molar-refractivity contribution in [2.24, 2.45) is 0 Å². The maximum atomic E-state index is 12.5. The van der Waals surface area contributed by atoms with Crippen LogP contribution in [0.2, 0.25) is 0 Å². The topological polar surface area (TPSA) is 18.5 Å². The molecule has 0 spiro atoms. The average Bonchev–Trinajstić information content (AvgIpc) is 2.15. The van der Waals surface area contributed by atoms with Crippen LogP contribution in [0.25, 0.3) is 0 Å². The summed E-state index contributed by atoms with van der Waals surface area (Å²) in [6.07, 6.45) is -12.0. The molecule has 2 nitrogen and oxygen atoms in total. The first-order valence-corrected chi connectivity index (χ1v) is 4.97. The molecule has 1 heterocycles. The minimum atomic E-state index is -5.50. The van der Waals surface area contributed by atoms with E-state index in [0.29, 0.717) is 0 Å². The minimum absolute atomic E-state index is 0.0163. The molecule has 0 aromatic rings. The molecular formula is C9H12F6O2. The molecule has 0 amide bonds. The zero-order valence-corrected chi connectivity index (χ0v) is 8.99. The summed E-state index contributed by atoms with van der Waals surface area (Å²) in [5, 5.41) is 0. The molecule has 1 aliphatic rings. The summed E-state index contributed by atoms with van der Waals surface area (Å²) < 4.78 is 84.0. The van der Waals surface area contributed by atoms with E-state index < -0.39 is 24.1 Å². The van der Waals surface area contributed by atoms with Crippen LogP contribution in [-0.2, 0) is 9.47 Å². The first kappa shape index (κ1) is 14.6. The van der Waals surface area contributed by atoms with Gasteiger partial charge in [-0.1, -0.05) is 0 Å². The van der Waals surface area contributed by atoms with Crippen LogP contribution in [0, 0.1) is 0 Å². The van der Waals surface area contributed by atoms with Crippen molar-refractivity contribution < 1.29 is 35.8 Å². The van der Waals surface area contributed by atoms with E-state index in [4.69, 9.17) is 4.74 Å². The van der Waals surface area contributed by atoms with Gasteiger partial charge < -0.3 is 9.47 Å². The highest BCUT2D eigenvalue weighted by Crippen LogP contribution is 2.46. The molecular weight excluding hydrogens is 254 g/mol. The van der Waals surface area contributed by atoms with Crippen LogP contribution in [0.15, 0.2) is 0 Å².